The highest BCUT2D eigenvalue weighted by Gasteiger charge is 2.11. The van der Waals surface area contributed by atoms with E-state index in [9.17, 15) is 5.21 Å². The van der Waals surface area contributed by atoms with Crippen LogP contribution in [-0.4, -0.2) is 11.0 Å². The van der Waals surface area contributed by atoms with Crippen molar-refractivity contribution in [3.8, 4) is 0 Å². The van der Waals surface area contributed by atoms with Gasteiger partial charge in [0.15, 0.2) is 6.21 Å². The normalized spacial score (nSPS) is 18.5. The number of nitrogens with zero attached hydrogens (tertiary/aromatic N) is 1. The number of rotatable bonds is 4. The summed E-state index contributed by atoms with van der Waals surface area (Å²) in [5.41, 5.74) is 1.64. The van der Waals surface area contributed by atoms with Crippen LogP contribution in [0.25, 0.3) is 0 Å². The Hall–Kier alpha value is -2.43. The largest absolute Gasteiger partial charge is 0.618 e. The average Bonchev–Trinajstić information content (AvgIpc) is 3.36. The maximum atomic E-state index is 12.6. The van der Waals surface area contributed by atoms with Gasteiger partial charge in [0.1, 0.15) is 0 Å². The van der Waals surface area contributed by atoms with E-state index in [1.54, 1.807) is 6.21 Å². The molecule has 0 saturated heterocycles. The second kappa shape index (κ2) is 7.21. The van der Waals surface area contributed by atoms with Crippen molar-refractivity contribution in [3.63, 3.8) is 0 Å². The van der Waals surface area contributed by atoms with Gasteiger partial charge in [-0.15, -0.1) is 0 Å². The van der Waals surface area contributed by atoms with Gasteiger partial charge in [-0.1, -0.05) is 36.4 Å². The van der Waals surface area contributed by atoms with E-state index in [2.05, 4.69) is 64.1 Å². The summed E-state index contributed by atoms with van der Waals surface area (Å²) < 4.78 is 0.967. The van der Waals surface area contributed by atoms with Gasteiger partial charge in [0.2, 0.25) is 5.69 Å². The summed E-state index contributed by atoms with van der Waals surface area (Å²) in [5.74, 6) is 0. The Balaban J connectivity index is 1.61. The number of benzene rings is 2. The SMILES string of the molecule is [O-]/[N+](=C\c1ccccc1[SH]1C=CC=C1)c1ccc([SH]2C=CC=C2)cc1. The lowest BCUT2D eigenvalue weighted by atomic mass is 10.2. The molecule has 2 heterocycles. The number of hydrogen-bond acceptors (Lipinski definition) is 1. The van der Waals surface area contributed by atoms with E-state index in [4.69, 9.17) is 0 Å². The van der Waals surface area contributed by atoms with Crippen LogP contribution in [0.2, 0.25) is 0 Å². The maximum absolute atomic E-state index is 12.6. The fourth-order valence-corrected chi connectivity index (χ4v) is 5.99. The Morgan fingerprint density at radius 3 is 2.00 bits per heavy atom. The Labute approximate surface area is 153 Å². The van der Waals surface area contributed by atoms with Crippen LogP contribution >= 0.6 is 21.8 Å². The third-order valence-electron chi connectivity index (χ3n) is 4.08. The molecular formula is C21H19NOS2. The summed E-state index contributed by atoms with van der Waals surface area (Å²) in [5, 5.41) is 21.5. The first kappa shape index (κ1) is 16.1. The van der Waals surface area contributed by atoms with Crippen molar-refractivity contribution in [2.45, 2.75) is 9.79 Å². The molecule has 4 rings (SSSR count). The van der Waals surface area contributed by atoms with Crippen LogP contribution in [0.15, 0.2) is 104 Å². The van der Waals surface area contributed by atoms with Crippen molar-refractivity contribution < 1.29 is 4.74 Å². The van der Waals surface area contributed by atoms with E-state index in [1.807, 2.05) is 30.3 Å². The number of hydrogen-bond donors (Lipinski definition) is 2. The molecule has 0 bridgehead atoms. The van der Waals surface area contributed by atoms with E-state index < -0.39 is 10.9 Å². The van der Waals surface area contributed by atoms with Crippen molar-refractivity contribution in [1.82, 2.24) is 0 Å². The van der Waals surface area contributed by atoms with Gasteiger partial charge in [0.25, 0.3) is 0 Å². The van der Waals surface area contributed by atoms with E-state index in [0.29, 0.717) is 5.69 Å². The highest BCUT2D eigenvalue weighted by Crippen LogP contribution is 2.44. The van der Waals surface area contributed by atoms with E-state index in [1.165, 1.54) is 9.79 Å². The minimum absolute atomic E-state index is 0.336. The Morgan fingerprint density at radius 2 is 1.32 bits per heavy atom. The zero-order valence-corrected chi connectivity index (χ0v) is 15.4. The summed E-state index contributed by atoms with van der Waals surface area (Å²) in [6.45, 7) is 0. The van der Waals surface area contributed by atoms with Gasteiger partial charge < -0.3 is 5.21 Å². The molecule has 4 heteroatoms. The highest BCUT2D eigenvalue weighted by molar-refractivity contribution is 8.22. The third kappa shape index (κ3) is 3.50. The van der Waals surface area contributed by atoms with Crippen molar-refractivity contribution in [2.75, 3.05) is 0 Å². The molecule has 2 aromatic rings. The molecule has 0 fully saturated rings. The van der Waals surface area contributed by atoms with Crippen LogP contribution in [0.1, 0.15) is 5.56 Å². The number of thiol groups is 2. The van der Waals surface area contributed by atoms with Crippen LogP contribution in [-0.2, 0) is 0 Å². The smallest absolute Gasteiger partial charge is 0.216 e. The first-order valence-corrected chi connectivity index (χ1v) is 11.0. The van der Waals surface area contributed by atoms with Gasteiger partial charge >= 0.3 is 0 Å². The van der Waals surface area contributed by atoms with Gasteiger partial charge in [0.05, 0.1) is 5.56 Å². The maximum Gasteiger partial charge on any atom is 0.216 e. The van der Waals surface area contributed by atoms with Gasteiger partial charge in [-0.05, 0) is 50.8 Å². The van der Waals surface area contributed by atoms with Gasteiger partial charge in [-0.3, -0.25) is 0 Å². The first-order chi connectivity index (χ1) is 12.3. The van der Waals surface area contributed by atoms with Crippen molar-refractivity contribution in [1.29, 1.82) is 0 Å². The van der Waals surface area contributed by atoms with E-state index in [0.717, 1.165) is 10.3 Å². The lowest BCUT2D eigenvalue weighted by Crippen LogP contribution is -2.00. The lowest BCUT2D eigenvalue weighted by Gasteiger charge is -2.14. The van der Waals surface area contributed by atoms with Gasteiger partial charge in [-0.2, -0.15) is 26.5 Å². The lowest BCUT2D eigenvalue weighted by molar-refractivity contribution is -0.354. The monoisotopic (exact) mass is 365 g/mol. The van der Waals surface area contributed by atoms with Crippen LogP contribution in [0, 0.1) is 5.21 Å². The highest BCUT2D eigenvalue weighted by atomic mass is 32.2. The molecule has 2 aliphatic rings. The van der Waals surface area contributed by atoms with Crippen LogP contribution < -0.4 is 0 Å². The van der Waals surface area contributed by atoms with Gasteiger partial charge in [0, 0.05) is 17.0 Å². The van der Waals surface area contributed by atoms with E-state index >= 15 is 0 Å². The summed E-state index contributed by atoms with van der Waals surface area (Å²) >= 11 is 0. The fourth-order valence-electron chi connectivity index (χ4n) is 2.81. The molecule has 0 aromatic heterocycles. The molecule has 126 valence electrons. The minimum atomic E-state index is -0.442. The van der Waals surface area contributed by atoms with Crippen LogP contribution in [0.3, 0.4) is 0 Å². The number of allylic oxidation sites excluding steroid dienone is 4. The minimum Gasteiger partial charge on any atom is -0.618 e. The molecule has 2 aliphatic heterocycles. The molecule has 0 aliphatic carbocycles. The third-order valence-corrected chi connectivity index (χ3v) is 7.91. The Kier molecular flexibility index (Phi) is 4.63. The molecule has 0 radical (unpaired) electrons. The summed E-state index contributed by atoms with van der Waals surface area (Å²) in [6.07, 6.45) is 10.00. The Bertz CT molecular complexity index is 899. The predicted octanol–water partition coefficient (Wildman–Crippen LogP) is 5.75. The summed E-state index contributed by atoms with van der Waals surface area (Å²) in [4.78, 5) is 2.48. The second-order valence-electron chi connectivity index (χ2n) is 5.71. The van der Waals surface area contributed by atoms with Crippen molar-refractivity contribution in [2.24, 2.45) is 0 Å². The summed E-state index contributed by atoms with van der Waals surface area (Å²) in [7, 11) is -0.778. The second-order valence-corrected chi connectivity index (χ2v) is 9.53. The Morgan fingerprint density at radius 1 is 0.720 bits per heavy atom. The molecule has 0 spiro atoms. The molecule has 0 unspecified atom stereocenters. The first-order valence-electron chi connectivity index (χ1n) is 8.08. The van der Waals surface area contributed by atoms with E-state index in [-0.39, 0.29) is 10.9 Å². The quantitative estimate of drug-likeness (QED) is 0.233. The van der Waals surface area contributed by atoms with Crippen LogP contribution in [0.4, 0.5) is 5.69 Å². The van der Waals surface area contributed by atoms with Crippen LogP contribution in [0.5, 0.6) is 0 Å². The predicted molar refractivity (Wildman–Crippen MR) is 112 cm³/mol. The fraction of sp³-hybridized carbons (Fsp3) is 0. The zero-order chi connectivity index (χ0) is 17.1. The topological polar surface area (TPSA) is 26.1 Å². The zero-order valence-electron chi connectivity index (χ0n) is 13.6. The summed E-state index contributed by atoms with van der Waals surface area (Å²) in [6, 6.07) is 16.0. The molecule has 2 aromatic carbocycles. The molecule has 0 N–H and O–H groups in total. The molecular weight excluding hydrogens is 346 g/mol. The standard InChI is InChI=1S/C21H19NOS2/c23-22(19-9-11-20(12-10-19)24-13-3-4-14-24)17-18-7-1-2-8-21(18)25-15-5-6-16-25/h1-17,24-25H/b22-17-. The molecule has 0 saturated carbocycles. The van der Waals surface area contributed by atoms with Crippen molar-refractivity contribution in [3.05, 3.63) is 105 Å². The molecule has 0 amide bonds. The average molecular weight is 366 g/mol. The molecule has 2 nitrogen and oxygen atoms in total. The van der Waals surface area contributed by atoms with Gasteiger partial charge in [-0.25, -0.2) is 0 Å². The molecule has 25 heavy (non-hydrogen) atoms. The van der Waals surface area contributed by atoms with Crippen molar-refractivity contribution >= 4 is 33.7 Å². The molecule has 0 atom stereocenters.